The van der Waals surface area contributed by atoms with Crippen LogP contribution in [-0.2, 0) is 35.3 Å². The SMILES string of the molecule is C=C/C=C(\C=C)Cn1c(CC)cc2c(OCC(=O)OC)cc3c(c21)CCC3. The van der Waals surface area contributed by atoms with E-state index in [0.29, 0.717) is 0 Å². The van der Waals surface area contributed by atoms with Gasteiger partial charge in [0.15, 0.2) is 6.61 Å². The van der Waals surface area contributed by atoms with Crippen LogP contribution in [0.25, 0.3) is 10.9 Å². The normalized spacial score (nSPS) is 13.5. The molecule has 0 unspecified atom stereocenters. The molecule has 2 aromatic rings. The van der Waals surface area contributed by atoms with Gasteiger partial charge in [0.25, 0.3) is 0 Å². The summed E-state index contributed by atoms with van der Waals surface area (Å²) in [6, 6.07) is 4.29. The van der Waals surface area contributed by atoms with Crippen LogP contribution in [0.3, 0.4) is 0 Å². The lowest BCUT2D eigenvalue weighted by Gasteiger charge is -2.15. The third kappa shape index (κ3) is 3.70. The molecule has 1 aromatic heterocycles. The minimum Gasteiger partial charge on any atom is -0.481 e. The molecular formula is C23H27NO3. The Kier molecular flexibility index (Phi) is 5.84. The highest BCUT2D eigenvalue weighted by atomic mass is 16.6. The fraction of sp³-hybridized carbons (Fsp3) is 0.348. The van der Waals surface area contributed by atoms with Gasteiger partial charge in [0.2, 0.25) is 0 Å². The molecule has 142 valence electrons. The zero-order chi connectivity index (χ0) is 19.4. The van der Waals surface area contributed by atoms with Gasteiger partial charge in [-0.05, 0) is 54.5 Å². The Labute approximate surface area is 160 Å². The second kappa shape index (κ2) is 8.30. The number of nitrogens with zero attached hydrogens (tertiary/aromatic N) is 1. The van der Waals surface area contributed by atoms with Gasteiger partial charge in [-0.3, -0.25) is 0 Å². The number of esters is 1. The molecule has 0 aliphatic heterocycles. The smallest absolute Gasteiger partial charge is 0.343 e. The minimum absolute atomic E-state index is 0.0781. The zero-order valence-electron chi connectivity index (χ0n) is 16.2. The van der Waals surface area contributed by atoms with E-state index in [0.717, 1.165) is 48.9 Å². The maximum Gasteiger partial charge on any atom is 0.343 e. The van der Waals surface area contributed by atoms with Crippen LogP contribution in [0.1, 0.15) is 30.2 Å². The summed E-state index contributed by atoms with van der Waals surface area (Å²) in [6.45, 7) is 10.6. The van der Waals surface area contributed by atoms with Gasteiger partial charge in [0, 0.05) is 17.6 Å². The van der Waals surface area contributed by atoms with Crippen LogP contribution >= 0.6 is 0 Å². The molecule has 0 saturated heterocycles. The van der Waals surface area contributed by atoms with Crippen LogP contribution < -0.4 is 4.74 Å². The van der Waals surface area contributed by atoms with Crippen molar-refractivity contribution in [1.29, 1.82) is 0 Å². The number of fused-ring (bicyclic) bond motifs is 3. The van der Waals surface area contributed by atoms with E-state index in [1.807, 2.05) is 12.2 Å². The van der Waals surface area contributed by atoms with Gasteiger partial charge in [0.05, 0.1) is 12.6 Å². The first-order valence-electron chi connectivity index (χ1n) is 9.43. The van der Waals surface area contributed by atoms with Crippen LogP contribution in [0.15, 0.2) is 49.1 Å². The number of rotatable bonds is 8. The van der Waals surface area contributed by atoms with Crippen molar-refractivity contribution in [2.75, 3.05) is 13.7 Å². The Bertz CT molecular complexity index is 918. The number of hydrogen-bond acceptors (Lipinski definition) is 3. The van der Waals surface area contributed by atoms with Crippen molar-refractivity contribution in [2.24, 2.45) is 0 Å². The summed E-state index contributed by atoms with van der Waals surface area (Å²) in [5.74, 6) is 0.388. The number of hydrogen-bond donors (Lipinski definition) is 0. The van der Waals surface area contributed by atoms with Gasteiger partial charge < -0.3 is 14.0 Å². The van der Waals surface area contributed by atoms with E-state index in [1.54, 1.807) is 6.08 Å². The quantitative estimate of drug-likeness (QED) is 0.509. The van der Waals surface area contributed by atoms with E-state index in [1.165, 1.54) is 29.4 Å². The van der Waals surface area contributed by atoms with Crippen molar-refractivity contribution in [3.8, 4) is 5.75 Å². The van der Waals surface area contributed by atoms with Crippen molar-refractivity contribution in [3.05, 3.63) is 65.9 Å². The third-order valence-electron chi connectivity index (χ3n) is 5.17. The van der Waals surface area contributed by atoms with Crippen molar-refractivity contribution in [2.45, 2.75) is 39.2 Å². The Morgan fingerprint density at radius 3 is 2.78 bits per heavy atom. The lowest BCUT2D eigenvalue weighted by molar-refractivity contribution is -0.142. The summed E-state index contributed by atoms with van der Waals surface area (Å²) in [5.41, 5.74) is 6.29. The number of aromatic nitrogens is 1. The molecule has 0 bridgehead atoms. The van der Waals surface area contributed by atoms with Crippen molar-refractivity contribution >= 4 is 16.9 Å². The van der Waals surface area contributed by atoms with E-state index in [2.05, 4.69) is 36.8 Å². The number of carbonyl (C=O) groups is 1. The predicted molar refractivity (Wildman–Crippen MR) is 109 cm³/mol. The first-order valence-corrected chi connectivity index (χ1v) is 9.43. The van der Waals surface area contributed by atoms with Crippen molar-refractivity contribution < 1.29 is 14.3 Å². The van der Waals surface area contributed by atoms with E-state index in [4.69, 9.17) is 9.47 Å². The summed E-state index contributed by atoms with van der Waals surface area (Å²) in [6.07, 6.45) is 9.85. The molecule has 0 spiro atoms. The first-order chi connectivity index (χ1) is 13.1. The number of allylic oxidation sites excluding steroid dienone is 4. The molecular weight excluding hydrogens is 338 g/mol. The molecule has 1 heterocycles. The van der Waals surface area contributed by atoms with Crippen LogP contribution in [-0.4, -0.2) is 24.3 Å². The van der Waals surface area contributed by atoms with Gasteiger partial charge in [-0.1, -0.05) is 38.3 Å². The van der Waals surface area contributed by atoms with Crippen molar-refractivity contribution in [3.63, 3.8) is 0 Å². The van der Waals surface area contributed by atoms with E-state index in [9.17, 15) is 4.79 Å². The van der Waals surface area contributed by atoms with Crippen LogP contribution in [0.2, 0.25) is 0 Å². The Hall–Kier alpha value is -2.75. The van der Waals surface area contributed by atoms with Crippen LogP contribution in [0, 0.1) is 0 Å². The lowest BCUT2D eigenvalue weighted by Crippen LogP contribution is -2.13. The van der Waals surface area contributed by atoms with Crippen LogP contribution in [0.5, 0.6) is 5.75 Å². The van der Waals surface area contributed by atoms with Crippen molar-refractivity contribution in [1.82, 2.24) is 4.57 Å². The Morgan fingerprint density at radius 2 is 2.11 bits per heavy atom. The second-order valence-electron chi connectivity index (χ2n) is 6.75. The topological polar surface area (TPSA) is 40.5 Å². The Morgan fingerprint density at radius 1 is 1.30 bits per heavy atom. The molecule has 4 nitrogen and oxygen atoms in total. The molecule has 0 fully saturated rings. The number of benzene rings is 1. The molecule has 1 aliphatic carbocycles. The molecule has 1 aromatic carbocycles. The number of ether oxygens (including phenoxy) is 2. The van der Waals surface area contributed by atoms with Crippen LogP contribution in [0.4, 0.5) is 0 Å². The van der Waals surface area contributed by atoms with Gasteiger partial charge in [-0.25, -0.2) is 4.79 Å². The molecule has 0 saturated carbocycles. The average Bonchev–Trinajstić information content (AvgIpc) is 3.29. The number of methoxy groups -OCH3 is 1. The molecule has 27 heavy (non-hydrogen) atoms. The lowest BCUT2D eigenvalue weighted by atomic mass is 10.1. The maximum atomic E-state index is 11.6. The monoisotopic (exact) mass is 365 g/mol. The molecule has 3 rings (SSSR count). The summed E-state index contributed by atoms with van der Waals surface area (Å²) in [5, 5.41) is 1.07. The highest BCUT2D eigenvalue weighted by Crippen LogP contribution is 2.39. The number of carbonyl (C=O) groups excluding carboxylic acids is 1. The average molecular weight is 365 g/mol. The molecule has 1 aliphatic rings. The fourth-order valence-electron chi connectivity index (χ4n) is 3.86. The first kappa shape index (κ1) is 19.0. The summed E-state index contributed by atoms with van der Waals surface area (Å²) >= 11 is 0. The van der Waals surface area contributed by atoms with E-state index >= 15 is 0 Å². The van der Waals surface area contributed by atoms with E-state index in [-0.39, 0.29) is 12.6 Å². The van der Waals surface area contributed by atoms with Gasteiger partial charge in [-0.15, -0.1) is 0 Å². The molecule has 0 atom stereocenters. The highest BCUT2D eigenvalue weighted by Gasteiger charge is 2.23. The predicted octanol–water partition coefficient (Wildman–Crippen LogP) is 4.54. The summed E-state index contributed by atoms with van der Waals surface area (Å²) in [4.78, 5) is 11.6. The maximum absolute atomic E-state index is 11.6. The highest BCUT2D eigenvalue weighted by molar-refractivity contribution is 5.92. The minimum atomic E-state index is -0.373. The largest absolute Gasteiger partial charge is 0.481 e. The summed E-state index contributed by atoms with van der Waals surface area (Å²) < 4.78 is 12.9. The van der Waals surface area contributed by atoms with Gasteiger partial charge >= 0.3 is 5.97 Å². The van der Waals surface area contributed by atoms with Gasteiger partial charge in [0.1, 0.15) is 5.75 Å². The zero-order valence-corrected chi connectivity index (χ0v) is 16.2. The number of aryl methyl sites for hydroxylation is 3. The molecule has 0 N–H and O–H groups in total. The van der Waals surface area contributed by atoms with Gasteiger partial charge in [-0.2, -0.15) is 0 Å². The third-order valence-corrected chi connectivity index (χ3v) is 5.17. The van der Waals surface area contributed by atoms with E-state index < -0.39 is 0 Å². The summed E-state index contributed by atoms with van der Waals surface area (Å²) in [7, 11) is 1.37. The molecule has 0 amide bonds. The Balaban J connectivity index is 2.16. The molecule has 0 radical (unpaired) electrons. The fourth-order valence-corrected chi connectivity index (χ4v) is 3.86. The second-order valence-corrected chi connectivity index (χ2v) is 6.75. The standard InChI is InChI=1S/C23H27NO3/c1-5-9-16(6-2)14-24-18(7-3)13-20-21(27-15-22(25)26-4)12-17-10-8-11-19(17)23(20)24/h5-6,9,12-13H,1-2,7-8,10-11,14-15H2,3-4H3/b16-9+. The molecule has 4 heteroatoms.